The summed E-state index contributed by atoms with van der Waals surface area (Å²) in [6.07, 6.45) is -1.08. The van der Waals surface area contributed by atoms with E-state index in [-0.39, 0.29) is 22.7 Å². The van der Waals surface area contributed by atoms with Crippen molar-refractivity contribution >= 4 is 22.9 Å². The Kier molecular flexibility index (Phi) is 6.16. The summed E-state index contributed by atoms with van der Waals surface area (Å²) in [5, 5.41) is 3.18. The number of rotatable bonds is 2. The van der Waals surface area contributed by atoms with Crippen LogP contribution >= 0.6 is 11.6 Å². The van der Waals surface area contributed by atoms with Crippen LogP contribution in [0.1, 0.15) is 31.4 Å². The summed E-state index contributed by atoms with van der Waals surface area (Å²) < 4.78 is 28.3. The van der Waals surface area contributed by atoms with Gasteiger partial charge in [-0.05, 0) is 23.3 Å². The molecule has 1 heterocycles. The number of nitrogens with one attached hydrogen (secondary N) is 1. The molecule has 0 fully saturated rings. The van der Waals surface area contributed by atoms with E-state index in [1.807, 2.05) is 44.2 Å². The van der Waals surface area contributed by atoms with Crippen LogP contribution in [0.25, 0.3) is 11.3 Å². The van der Waals surface area contributed by atoms with Crippen LogP contribution in [-0.4, -0.2) is 6.17 Å². The van der Waals surface area contributed by atoms with Gasteiger partial charge in [0.1, 0.15) is 12.0 Å². The van der Waals surface area contributed by atoms with Crippen molar-refractivity contribution in [3.05, 3.63) is 82.8 Å². The van der Waals surface area contributed by atoms with Crippen molar-refractivity contribution in [1.29, 1.82) is 0 Å². The van der Waals surface area contributed by atoms with Crippen LogP contribution in [0.4, 0.5) is 8.78 Å². The fourth-order valence-electron chi connectivity index (χ4n) is 2.57. The van der Waals surface area contributed by atoms with Gasteiger partial charge in [0.2, 0.25) is 0 Å². The van der Waals surface area contributed by atoms with Gasteiger partial charge in [0.05, 0.1) is 16.3 Å². The minimum atomic E-state index is -1.22. The highest BCUT2D eigenvalue weighted by Gasteiger charge is 2.27. The number of allylic oxidation sites excluding steroid dienone is 2. The molecule has 0 saturated carbocycles. The minimum absolute atomic E-state index is 0.135. The highest BCUT2D eigenvalue weighted by atomic mass is 35.5. The Morgan fingerprint density at radius 1 is 1.08 bits per heavy atom. The van der Waals surface area contributed by atoms with E-state index < -0.39 is 12.0 Å². The third-order valence-corrected chi connectivity index (χ3v) is 4.00. The van der Waals surface area contributed by atoms with Crippen molar-refractivity contribution in [2.75, 3.05) is 0 Å². The van der Waals surface area contributed by atoms with Gasteiger partial charge in [0.25, 0.3) is 0 Å². The molecule has 24 heavy (non-hydrogen) atoms. The van der Waals surface area contributed by atoms with Gasteiger partial charge in [0.15, 0.2) is 0 Å². The molecule has 2 aromatic rings. The first-order valence-corrected chi connectivity index (χ1v) is 8.28. The summed E-state index contributed by atoms with van der Waals surface area (Å²) in [7, 11) is 0. The van der Waals surface area contributed by atoms with Crippen LogP contribution in [0, 0.1) is 5.82 Å². The Balaban J connectivity index is 0.00000100. The minimum Gasteiger partial charge on any atom is -0.356 e. The zero-order valence-corrected chi connectivity index (χ0v) is 14.5. The molecule has 0 saturated heterocycles. The lowest BCUT2D eigenvalue weighted by Gasteiger charge is -2.28. The monoisotopic (exact) mass is 347 g/mol. The van der Waals surface area contributed by atoms with Gasteiger partial charge in [-0.15, -0.1) is 0 Å². The zero-order chi connectivity index (χ0) is 17.7. The van der Waals surface area contributed by atoms with Crippen LogP contribution in [0.3, 0.4) is 0 Å². The maximum Gasteiger partial charge on any atom is 0.143 e. The largest absolute Gasteiger partial charge is 0.356 e. The Morgan fingerprint density at radius 2 is 1.75 bits per heavy atom. The van der Waals surface area contributed by atoms with Crippen LogP contribution < -0.4 is 5.32 Å². The first-order valence-electron chi connectivity index (χ1n) is 7.90. The number of hydrogen-bond acceptors (Lipinski definition) is 1. The average molecular weight is 348 g/mol. The SMILES string of the molecule is C=C1NC(c2c(F)cccc2Cl)=C(c2ccccc2)CC1F.CC. The van der Waals surface area contributed by atoms with E-state index >= 15 is 0 Å². The molecule has 1 nitrogen and oxygen atoms in total. The van der Waals surface area contributed by atoms with Gasteiger partial charge < -0.3 is 5.32 Å². The molecule has 3 rings (SSSR count). The predicted octanol–water partition coefficient (Wildman–Crippen LogP) is 6.22. The van der Waals surface area contributed by atoms with Gasteiger partial charge in [-0.3, -0.25) is 0 Å². The maximum atomic E-state index is 14.3. The molecule has 1 N–H and O–H groups in total. The molecular formula is C20H20ClF2N. The van der Waals surface area contributed by atoms with Crippen molar-refractivity contribution in [3.63, 3.8) is 0 Å². The van der Waals surface area contributed by atoms with Crippen molar-refractivity contribution < 1.29 is 8.78 Å². The maximum absolute atomic E-state index is 14.3. The van der Waals surface area contributed by atoms with Crippen molar-refractivity contribution in [2.45, 2.75) is 26.4 Å². The highest BCUT2D eigenvalue weighted by molar-refractivity contribution is 6.32. The van der Waals surface area contributed by atoms with Crippen LogP contribution in [0.5, 0.6) is 0 Å². The second-order valence-electron chi connectivity index (χ2n) is 5.14. The van der Waals surface area contributed by atoms with Crippen molar-refractivity contribution in [3.8, 4) is 0 Å². The van der Waals surface area contributed by atoms with E-state index in [2.05, 4.69) is 11.9 Å². The number of hydrogen-bond donors (Lipinski definition) is 1. The molecule has 1 aliphatic heterocycles. The van der Waals surface area contributed by atoms with Gasteiger partial charge in [-0.1, -0.05) is 68.4 Å². The van der Waals surface area contributed by atoms with E-state index in [1.165, 1.54) is 6.07 Å². The third kappa shape index (κ3) is 3.68. The summed E-state index contributed by atoms with van der Waals surface area (Å²) >= 11 is 6.16. The van der Waals surface area contributed by atoms with Crippen molar-refractivity contribution in [2.24, 2.45) is 0 Å². The Labute approximate surface area is 146 Å². The molecule has 0 aliphatic carbocycles. The first kappa shape index (κ1) is 18.2. The Bertz CT molecular complexity index is 733. The molecule has 0 bridgehead atoms. The molecule has 0 spiro atoms. The highest BCUT2D eigenvalue weighted by Crippen LogP contribution is 2.38. The van der Waals surface area contributed by atoms with Gasteiger partial charge in [-0.25, -0.2) is 8.78 Å². The molecular weight excluding hydrogens is 328 g/mol. The molecule has 0 amide bonds. The Morgan fingerprint density at radius 3 is 2.38 bits per heavy atom. The molecule has 1 aliphatic rings. The van der Waals surface area contributed by atoms with Crippen LogP contribution in [-0.2, 0) is 0 Å². The van der Waals surface area contributed by atoms with E-state index in [4.69, 9.17) is 11.6 Å². The predicted molar refractivity (Wildman–Crippen MR) is 97.8 cm³/mol. The van der Waals surface area contributed by atoms with E-state index in [0.29, 0.717) is 11.3 Å². The number of alkyl halides is 1. The number of halogens is 3. The topological polar surface area (TPSA) is 12.0 Å². The fraction of sp³-hybridized carbons (Fsp3) is 0.200. The summed E-state index contributed by atoms with van der Waals surface area (Å²) in [5.41, 5.74) is 2.46. The van der Waals surface area contributed by atoms with Crippen LogP contribution in [0.15, 0.2) is 60.8 Å². The van der Waals surface area contributed by atoms with E-state index in [9.17, 15) is 8.78 Å². The first-order chi connectivity index (χ1) is 11.6. The second-order valence-corrected chi connectivity index (χ2v) is 5.55. The molecule has 0 radical (unpaired) electrons. The summed E-state index contributed by atoms with van der Waals surface area (Å²) in [5.74, 6) is -0.450. The molecule has 4 heteroatoms. The number of benzene rings is 2. The lowest BCUT2D eigenvalue weighted by Crippen LogP contribution is -2.27. The summed E-state index contributed by atoms with van der Waals surface area (Å²) in [4.78, 5) is 0. The molecule has 0 aromatic heterocycles. The molecule has 2 aromatic carbocycles. The lowest BCUT2D eigenvalue weighted by atomic mass is 9.91. The van der Waals surface area contributed by atoms with Gasteiger partial charge in [-0.2, -0.15) is 0 Å². The molecule has 126 valence electrons. The third-order valence-electron chi connectivity index (χ3n) is 3.68. The zero-order valence-electron chi connectivity index (χ0n) is 13.7. The average Bonchev–Trinajstić information content (AvgIpc) is 2.60. The summed E-state index contributed by atoms with van der Waals surface area (Å²) in [6.45, 7) is 7.67. The fourth-order valence-corrected chi connectivity index (χ4v) is 2.83. The van der Waals surface area contributed by atoms with Gasteiger partial charge >= 0.3 is 0 Å². The lowest BCUT2D eigenvalue weighted by molar-refractivity contribution is 0.374. The van der Waals surface area contributed by atoms with Crippen LogP contribution in [0.2, 0.25) is 5.02 Å². The summed E-state index contributed by atoms with van der Waals surface area (Å²) in [6, 6.07) is 13.8. The van der Waals surface area contributed by atoms with Crippen molar-refractivity contribution in [1.82, 2.24) is 5.32 Å². The van der Waals surface area contributed by atoms with E-state index in [0.717, 1.165) is 5.56 Å². The normalized spacial score (nSPS) is 17.0. The second kappa shape index (κ2) is 8.11. The van der Waals surface area contributed by atoms with E-state index in [1.54, 1.807) is 12.1 Å². The Hall–Kier alpha value is -2.13. The molecule has 1 unspecified atom stereocenters. The smallest absolute Gasteiger partial charge is 0.143 e. The quantitative estimate of drug-likeness (QED) is 0.680. The standard InChI is InChI=1S/C18H14ClF2N.C2H6/c1-11-16(21)10-13(12-6-3-2-4-7-12)18(22-11)17-14(19)8-5-9-15(17)20;1-2/h2-9,16,22H,1,10H2;1-2H3. The van der Waals surface area contributed by atoms with Gasteiger partial charge in [0, 0.05) is 12.1 Å². The molecule has 1 atom stereocenters.